The Hall–Kier alpha value is -1.86. The van der Waals surface area contributed by atoms with Gasteiger partial charge in [0.05, 0.1) is 19.8 Å². The summed E-state index contributed by atoms with van der Waals surface area (Å²) in [5.74, 6) is 2.65. The molecular weight excluding hydrogens is 388 g/mol. The van der Waals surface area contributed by atoms with E-state index in [1.165, 1.54) is 31.2 Å². The van der Waals surface area contributed by atoms with Gasteiger partial charge in [-0.2, -0.15) is 0 Å². The Morgan fingerprint density at radius 1 is 1.13 bits per heavy atom. The normalized spacial score (nSPS) is 19.5. The molecule has 1 atom stereocenters. The van der Waals surface area contributed by atoms with Crippen LogP contribution in [0.25, 0.3) is 0 Å². The highest BCUT2D eigenvalue weighted by Gasteiger charge is 2.22. The van der Waals surface area contributed by atoms with Gasteiger partial charge in [-0.05, 0) is 56.2 Å². The molecule has 0 aliphatic carbocycles. The number of pyridine rings is 1. The van der Waals surface area contributed by atoms with Crippen molar-refractivity contribution in [2.45, 2.75) is 59.0 Å². The zero-order valence-corrected chi connectivity index (χ0v) is 19.8. The Morgan fingerprint density at radius 2 is 1.90 bits per heavy atom. The van der Waals surface area contributed by atoms with Gasteiger partial charge in [0.1, 0.15) is 5.82 Å². The first kappa shape index (κ1) is 23.8. The second-order valence-corrected chi connectivity index (χ2v) is 9.08. The molecule has 3 rings (SSSR count). The Balaban J connectivity index is 1.59. The fourth-order valence-corrected chi connectivity index (χ4v) is 4.43. The number of aliphatic imine (C=N–C) groups is 1. The van der Waals surface area contributed by atoms with E-state index in [0.29, 0.717) is 18.5 Å². The van der Waals surface area contributed by atoms with Crippen LogP contribution in [0.1, 0.15) is 52.0 Å². The van der Waals surface area contributed by atoms with E-state index in [9.17, 15) is 0 Å². The Labute approximate surface area is 188 Å². The van der Waals surface area contributed by atoms with Crippen LogP contribution < -0.4 is 15.5 Å². The molecule has 31 heavy (non-hydrogen) atoms. The van der Waals surface area contributed by atoms with E-state index in [-0.39, 0.29) is 0 Å². The maximum Gasteiger partial charge on any atom is 0.191 e. The van der Waals surface area contributed by atoms with Crippen molar-refractivity contribution in [3.8, 4) is 0 Å². The van der Waals surface area contributed by atoms with Crippen LogP contribution in [0, 0.1) is 5.92 Å². The van der Waals surface area contributed by atoms with Gasteiger partial charge in [-0.15, -0.1) is 0 Å². The molecule has 0 spiro atoms. The van der Waals surface area contributed by atoms with Crippen molar-refractivity contribution in [2.24, 2.45) is 10.9 Å². The first-order valence-electron chi connectivity index (χ1n) is 12.2. The third-order valence-electron chi connectivity index (χ3n) is 6.06. The van der Waals surface area contributed by atoms with Crippen molar-refractivity contribution in [1.29, 1.82) is 0 Å². The number of nitrogens with one attached hydrogen (secondary N) is 2. The highest BCUT2D eigenvalue weighted by molar-refractivity contribution is 5.79. The third-order valence-corrected chi connectivity index (χ3v) is 6.06. The molecule has 2 aliphatic rings. The van der Waals surface area contributed by atoms with E-state index in [1.54, 1.807) is 0 Å². The lowest BCUT2D eigenvalue weighted by molar-refractivity contribution is 0.0132. The van der Waals surface area contributed by atoms with E-state index < -0.39 is 0 Å². The number of nitrogens with zero attached hydrogens (tertiary/aromatic N) is 4. The number of piperidine rings is 1. The standard InChI is InChI=1S/C24H42N6O/c1-4-25-24(28-19-22(16-20(2)3)29-12-14-31-15-13-29)27-18-21-8-9-26-23(17-21)30-10-6-5-7-11-30/h8-9,17,20,22H,4-7,10-16,18-19H2,1-3H3,(H2,25,27,28). The van der Waals surface area contributed by atoms with Crippen molar-refractivity contribution < 1.29 is 4.74 Å². The third kappa shape index (κ3) is 7.96. The molecular formula is C24H42N6O. The van der Waals surface area contributed by atoms with Crippen molar-refractivity contribution in [1.82, 2.24) is 20.5 Å². The molecule has 1 aromatic rings. The quantitative estimate of drug-likeness (QED) is 0.464. The summed E-state index contributed by atoms with van der Waals surface area (Å²) in [6.07, 6.45) is 6.96. The molecule has 7 heteroatoms. The van der Waals surface area contributed by atoms with E-state index in [2.05, 4.69) is 58.3 Å². The summed E-state index contributed by atoms with van der Waals surface area (Å²) in [5, 5.41) is 7.01. The van der Waals surface area contributed by atoms with Crippen LogP contribution in [0.15, 0.2) is 23.3 Å². The van der Waals surface area contributed by atoms with Crippen molar-refractivity contribution in [2.75, 3.05) is 57.4 Å². The molecule has 7 nitrogen and oxygen atoms in total. The van der Waals surface area contributed by atoms with Gasteiger partial charge in [0, 0.05) is 51.5 Å². The number of hydrogen-bond acceptors (Lipinski definition) is 5. The van der Waals surface area contributed by atoms with E-state index in [0.717, 1.165) is 64.3 Å². The number of ether oxygens (including phenoxy) is 1. The topological polar surface area (TPSA) is 65.0 Å². The molecule has 0 aromatic carbocycles. The number of morpholine rings is 1. The minimum Gasteiger partial charge on any atom is -0.379 e. The van der Waals surface area contributed by atoms with Gasteiger partial charge in [0.15, 0.2) is 5.96 Å². The van der Waals surface area contributed by atoms with Crippen LogP contribution in [0.2, 0.25) is 0 Å². The van der Waals surface area contributed by atoms with Crippen LogP contribution in [-0.4, -0.2) is 74.4 Å². The van der Waals surface area contributed by atoms with Gasteiger partial charge in [-0.1, -0.05) is 13.8 Å². The van der Waals surface area contributed by atoms with E-state index >= 15 is 0 Å². The predicted octanol–water partition coefficient (Wildman–Crippen LogP) is 2.87. The number of anilines is 1. The monoisotopic (exact) mass is 430 g/mol. The zero-order chi connectivity index (χ0) is 21.9. The fourth-order valence-electron chi connectivity index (χ4n) is 4.43. The summed E-state index contributed by atoms with van der Waals surface area (Å²) in [6.45, 7) is 15.1. The lowest BCUT2D eigenvalue weighted by Crippen LogP contribution is -2.51. The van der Waals surface area contributed by atoms with Crippen LogP contribution in [0.5, 0.6) is 0 Å². The largest absolute Gasteiger partial charge is 0.379 e. The van der Waals surface area contributed by atoms with Gasteiger partial charge < -0.3 is 20.3 Å². The number of aromatic nitrogens is 1. The van der Waals surface area contributed by atoms with Gasteiger partial charge >= 0.3 is 0 Å². The highest BCUT2D eigenvalue weighted by atomic mass is 16.5. The molecule has 2 fully saturated rings. The Kier molecular flexibility index (Phi) is 9.87. The van der Waals surface area contributed by atoms with E-state index in [1.807, 2.05) is 6.20 Å². The predicted molar refractivity (Wildman–Crippen MR) is 129 cm³/mol. The number of hydrogen-bond donors (Lipinski definition) is 2. The van der Waals surface area contributed by atoms with Crippen LogP contribution in [-0.2, 0) is 11.3 Å². The highest BCUT2D eigenvalue weighted by Crippen LogP contribution is 2.18. The Bertz CT molecular complexity index is 668. The summed E-state index contributed by atoms with van der Waals surface area (Å²) < 4.78 is 5.55. The fraction of sp³-hybridized carbons (Fsp3) is 0.750. The number of rotatable bonds is 9. The van der Waals surface area contributed by atoms with Crippen LogP contribution in [0.3, 0.4) is 0 Å². The molecule has 3 heterocycles. The summed E-state index contributed by atoms with van der Waals surface area (Å²) in [7, 11) is 0. The van der Waals surface area contributed by atoms with E-state index in [4.69, 9.17) is 9.73 Å². The van der Waals surface area contributed by atoms with Crippen molar-refractivity contribution in [3.63, 3.8) is 0 Å². The number of guanidine groups is 1. The lowest BCUT2D eigenvalue weighted by Gasteiger charge is -2.35. The van der Waals surface area contributed by atoms with Gasteiger partial charge in [0.25, 0.3) is 0 Å². The smallest absolute Gasteiger partial charge is 0.191 e. The molecule has 2 saturated heterocycles. The molecule has 2 aliphatic heterocycles. The molecule has 0 amide bonds. The molecule has 0 bridgehead atoms. The Morgan fingerprint density at radius 3 is 2.61 bits per heavy atom. The van der Waals surface area contributed by atoms with Crippen LogP contribution in [0.4, 0.5) is 5.82 Å². The molecule has 2 N–H and O–H groups in total. The second kappa shape index (κ2) is 12.9. The average Bonchev–Trinajstić information content (AvgIpc) is 2.81. The summed E-state index contributed by atoms with van der Waals surface area (Å²) in [4.78, 5) is 14.4. The lowest BCUT2D eigenvalue weighted by atomic mass is 10.0. The minimum absolute atomic E-state index is 0.499. The zero-order valence-electron chi connectivity index (χ0n) is 19.8. The van der Waals surface area contributed by atoms with Gasteiger partial charge in [-0.25, -0.2) is 9.98 Å². The van der Waals surface area contributed by atoms with Crippen molar-refractivity contribution >= 4 is 11.8 Å². The molecule has 0 radical (unpaired) electrons. The SMILES string of the molecule is CCNC(=NCc1ccnc(N2CCCCC2)c1)NCC(CC(C)C)N1CCOCC1. The maximum atomic E-state index is 5.55. The van der Waals surface area contributed by atoms with Gasteiger partial charge in [0.2, 0.25) is 0 Å². The molecule has 0 saturated carbocycles. The van der Waals surface area contributed by atoms with Crippen LogP contribution >= 0.6 is 0 Å². The molecule has 1 aromatic heterocycles. The minimum atomic E-state index is 0.499. The first-order valence-corrected chi connectivity index (χ1v) is 12.2. The second-order valence-electron chi connectivity index (χ2n) is 9.08. The molecule has 174 valence electrons. The first-order chi connectivity index (χ1) is 15.2. The summed E-state index contributed by atoms with van der Waals surface area (Å²) in [5.41, 5.74) is 1.21. The summed E-state index contributed by atoms with van der Waals surface area (Å²) in [6, 6.07) is 4.78. The molecule has 1 unspecified atom stereocenters. The summed E-state index contributed by atoms with van der Waals surface area (Å²) >= 11 is 0. The average molecular weight is 431 g/mol. The maximum absolute atomic E-state index is 5.55. The van der Waals surface area contributed by atoms with Crippen molar-refractivity contribution in [3.05, 3.63) is 23.9 Å². The van der Waals surface area contributed by atoms with Gasteiger partial charge in [-0.3, -0.25) is 4.90 Å².